The molecule has 270 valence electrons. The van der Waals surface area contributed by atoms with Gasteiger partial charge in [-0.1, -0.05) is 91.5 Å². The van der Waals surface area contributed by atoms with Gasteiger partial charge in [-0.05, 0) is 66.4 Å². The number of nitrogens with zero attached hydrogens (tertiary/aromatic N) is 2. The predicted molar refractivity (Wildman–Crippen MR) is 190 cm³/mol. The SMILES string of the molecule is COc1cccc(CN(C(=O)CN(c2cc(C(F)(F)F)ccc2Cl)S(=O)(=O)c2ccccc2)[C@H](Cc2ccccc2)C(=O)NC2CCCCC2)c1. The van der Waals surface area contributed by atoms with Crippen molar-refractivity contribution in [1.82, 2.24) is 10.2 Å². The van der Waals surface area contributed by atoms with Gasteiger partial charge in [-0.2, -0.15) is 13.2 Å². The van der Waals surface area contributed by atoms with Gasteiger partial charge in [-0.3, -0.25) is 13.9 Å². The zero-order valence-corrected chi connectivity index (χ0v) is 29.6. The number of methoxy groups -OCH3 is 1. The van der Waals surface area contributed by atoms with Crippen LogP contribution >= 0.6 is 11.6 Å². The van der Waals surface area contributed by atoms with Crippen LogP contribution in [-0.4, -0.2) is 50.9 Å². The second-order valence-corrected chi connectivity index (χ2v) is 14.7. The van der Waals surface area contributed by atoms with Crippen LogP contribution in [0.3, 0.4) is 0 Å². The lowest BCUT2D eigenvalue weighted by atomic mass is 9.94. The molecular formula is C38H39ClF3N3O5S. The Morgan fingerprint density at radius 3 is 2.18 bits per heavy atom. The summed E-state index contributed by atoms with van der Waals surface area (Å²) in [5.74, 6) is -0.753. The number of anilines is 1. The highest BCUT2D eigenvalue weighted by Gasteiger charge is 2.38. The Balaban J connectivity index is 1.62. The fourth-order valence-corrected chi connectivity index (χ4v) is 7.89. The third-order valence-electron chi connectivity index (χ3n) is 8.86. The lowest BCUT2D eigenvalue weighted by Gasteiger charge is -2.35. The Bertz CT molecular complexity index is 1910. The number of hydrogen-bond acceptors (Lipinski definition) is 5. The number of amides is 2. The molecule has 1 atom stereocenters. The second kappa shape index (κ2) is 16.6. The van der Waals surface area contributed by atoms with E-state index in [1.165, 1.54) is 36.3 Å². The largest absolute Gasteiger partial charge is 0.497 e. The Morgan fingerprint density at radius 2 is 1.53 bits per heavy atom. The van der Waals surface area contributed by atoms with Gasteiger partial charge >= 0.3 is 6.18 Å². The number of carbonyl (C=O) groups excluding carboxylic acids is 2. The molecule has 8 nitrogen and oxygen atoms in total. The van der Waals surface area contributed by atoms with Crippen LogP contribution in [0.5, 0.6) is 5.75 Å². The maximum Gasteiger partial charge on any atom is 0.416 e. The van der Waals surface area contributed by atoms with Crippen molar-refractivity contribution in [3.8, 4) is 5.75 Å². The molecule has 1 fully saturated rings. The zero-order valence-electron chi connectivity index (χ0n) is 28.0. The molecule has 0 aromatic heterocycles. The minimum Gasteiger partial charge on any atom is -0.497 e. The van der Waals surface area contributed by atoms with E-state index in [4.69, 9.17) is 16.3 Å². The maximum absolute atomic E-state index is 14.7. The number of benzene rings is 4. The summed E-state index contributed by atoms with van der Waals surface area (Å²) >= 11 is 6.41. The summed E-state index contributed by atoms with van der Waals surface area (Å²) in [6.45, 7) is -1.09. The number of rotatable bonds is 13. The van der Waals surface area contributed by atoms with Gasteiger partial charge in [0.25, 0.3) is 10.0 Å². The third kappa shape index (κ3) is 9.62. The van der Waals surface area contributed by atoms with Crippen molar-refractivity contribution in [2.45, 2.75) is 68.2 Å². The first-order valence-electron chi connectivity index (χ1n) is 16.6. The van der Waals surface area contributed by atoms with Crippen LogP contribution in [0.25, 0.3) is 0 Å². The Kier molecular flexibility index (Phi) is 12.3. The molecule has 0 aliphatic heterocycles. The Labute approximate surface area is 301 Å². The summed E-state index contributed by atoms with van der Waals surface area (Å²) in [5.41, 5.74) is -0.346. The molecule has 0 bridgehead atoms. The third-order valence-corrected chi connectivity index (χ3v) is 11.0. The van der Waals surface area contributed by atoms with Crippen molar-refractivity contribution in [1.29, 1.82) is 0 Å². The van der Waals surface area contributed by atoms with Gasteiger partial charge in [0, 0.05) is 19.0 Å². The zero-order chi connectivity index (χ0) is 36.6. The number of halogens is 4. The van der Waals surface area contributed by atoms with Crippen molar-refractivity contribution >= 4 is 39.1 Å². The molecule has 0 saturated heterocycles. The van der Waals surface area contributed by atoms with Gasteiger partial charge in [-0.15, -0.1) is 0 Å². The molecule has 2 amide bonds. The first-order chi connectivity index (χ1) is 24.4. The molecule has 1 N–H and O–H groups in total. The normalized spacial score (nSPS) is 14.4. The molecule has 51 heavy (non-hydrogen) atoms. The molecule has 0 radical (unpaired) electrons. The highest BCUT2D eigenvalue weighted by molar-refractivity contribution is 7.92. The van der Waals surface area contributed by atoms with E-state index in [-0.39, 0.29) is 28.9 Å². The van der Waals surface area contributed by atoms with Gasteiger partial charge in [-0.25, -0.2) is 8.42 Å². The van der Waals surface area contributed by atoms with Gasteiger partial charge in [0.05, 0.1) is 28.3 Å². The summed E-state index contributed by atoms with van der Waals surface area (Å²) in [6.07, 6.45) is -0.220. The minimum atomic E-state index is -4.83. The summed E-state index contributed by atoms with van der Waals surface area (Å²) in [5, 5.41) is 2.81. The van der Waals surface area contributed by atoms with Gasteiger partial charge in [0.1, 0.15) is 18.3 Å². The molecule has 1 saturated carbocycles. The van der Waals surface area contributed by atoms with E-state index in [9.17, 15) is 31.2 Å². The lowest BCUT2D eigenvalue weighted by Crippen LogP contribution is -2.55. The highest BCUT2D eigenvalue weighted by atomic mass is 35.5. The number of alkyl halides is 3. The van der Waals surface area contributed by atoms with E-state index >= 15 is 0 Å². The number of carbonyl (C=O) groups is 2. The number of ether oxygens (including phenoxy) is 1. The molecule has 0 unspecified atom stereocenters. The molecule has 5 rings (SSSR count). The topological polar surface area (TPSA) is 96.0 Å². The molecule has 1 aliphatic carbocycles. The smallest absolute Gasteiger partial charge is 0.416 e. The van der Waals surface area contributed by atoms with E-state index in [0.29, 0.717) is 21.7 Å². The molecule has 4 aromatic rings. The van der Waals surface area contributed by atoms with Crippen molar-refractivity contribution in [2.75, 3.05) is 18.0 Å². The van der Waals surface area contributed by atoms with Crippen molar-refractivity contribution in [3.63, 3.8) is 0 Å². The summed E-state index contributed by atoms with van der Waals surface area (Å²) < 4.78 is 76.2. The number of hydrogen-bond donors (Lipinski definition) is 1. The van der Waals surface area contributed by atoms with Gasteiger partial charge in [0.15, 0.2) is 0 Å². The lowest BCUT2D eigenvalue weighted by molar-refractivity contribution is -0.140. The van der Waals surface area contributed by atoms with Gasteiger partial charge < -0.3 is 15.0 Å². The van der Waals surface area contributed by atoms with Crippen LogP contribution in [0.2, 0.25) is 5.02 Å². The first-order valence-corrected chi connectivity index (χ1v) is 18.4. The van der Waals surface area contributed by atoms with E-state index in [0.717, 1.165) is 49.8 Å². The van der Waals surface area contributed by atoms with Crippen molar-refractivity contribution in [2.24, 2.45) is 0 Å². The van der Waals surface area contributed by atoms with Crippen molar-refractivity contribution < 1.29 is 35.9 Å². The molecule has 1 aliphatic rings. The summed E-state index contributed by atoms with van der Waals surface area (Å²) in [7, 11) is -3.18. The van der Waals surface area contributed by atoms with Crippen LogP contribution in [0.1, 0.15) is 48.8 Å². The maximum atomic E-state index is 14.7. The molecular weight excluding hydrogens is 703 g/mol. The minimum absolute atomic E-state index is 0.0881. The second-order valence-electron chi connectivity index (χ2n) is 12.4. The quantitative estimate of drug-likeness (QED) is 0.152. The highest BCUT2D eigenvalue weighted by Crippen LogP contribution is 2.37. The monoisotopic (exact) mass is 741 g/mol. The van der Waals surface area contributed by atoms with Crippen LogP contribution in [-0.2, 0) is 38.8 Å². The number of nitrogens with one attached hydrogen (secondary N) is 1. The molecule has 13 heteroatoms. The van der Waals surface area contributed by atoms with Crippen LogP contribution in [0.15, 0.2) is 108 Å². The van der Waals surface area contributed by atoms with Crippen LogP contribution in [0.4, 0.5) is 18.9 Å². The van der Waals surface area contributed by atoms with E-state index in [1.807, 2.05) is 30.3 Å². The summed E-state index contributed by atoms with van der Waals surface area (Å²) in [6, 6.07) is 24.1. The van der Waals surface area contributed by atoms with Crippen LogP contribution in [0, 0.1) is 0 Å². The van der Waals surface area contributed by atoms with E-state index in [2.05, 4.69) is 5.32 Å². The molecule has 4 aromatic carbocycles. The van der Waals surface area contributed by atoms with Crippen molar-refractivity contribution in [3.05, 3.63) is 125 Å². The standard InChI is InChI=1S/C38H39ClF3N3O5S/c1-50-31-17-11-14-28(22-31)25-44(35(23-27-12-5-2-6-13-27)37(47)43-30-15-7-3-8-16-30)36(46)26-45(51(48,49)32-18-9-4-10-19-32)34-24-29(38(40,41)42)20-21-33(34)39/h2,4-6,9-14,17-22,24,30,35H,3,7-8,15-16,23,25-26H2,1H3,(H,43,47)/t35-/m1/s1. The fourth-order valence-electron chi connectivity index (χ4n) is 6.18. The molecule has 0 spiro atoms. The molecule has 0 heterocycles. The fraction of sp³-hybridized carbons (Fsp3) is 0.316. The van der Waals surface area contributed by atoms with Crippen LogP contribution < -0.4 is 14.4 Å². The van der Waals surface area contributed by atoms with E-state index < -0.39 is 51.9 Å². The summed E-state index contributed by atoms with van der Waals surface area (Å²) in [4.78, 5) is 30.0. The van der Waals surface area contributed by atoms with Gasteiger partial charge in [0.2, 0.25) is 11.8 Å². The predicted octanol–water partition coefficient (Wildman–Crippen LogP) is 7.65. The van der Waals surface area contributed by atoms with E-state index in [1.54, 1.807) is 30.3 Å². The number of sulfonamides is 1. The average Bonchev–Trinajstić information content (AvgIpc) is 3.13. The first kappa shape index (κ1) is 37.7. The Hall–Kier alpha value is -4.55. The average molecular weight is 742 g/mol. The Morgan fingerprint density at radius 1 is 0.882 bits per heavy atom.